The molecule has 1 atom stereocenters. The lowest BCUT2D eigenvalue weighted by Crippen LogP contribution is -2.33. The summed E-state index contributed by atoms with van der Waals surface area (Å²) >= 11 is 0. The number of hydrogen-bond acceptors (Lipinski definition) is 3. The largest absolute Gasteiger partial charge is 0.350 e. The Morgan fingerprint density at radius 1 is 1.08 bits per heavy atom. The van der Waals surface area contributed by atoms with Gasteiger partial charge in [-0.15, -0.1) is 0 Å². The summed E-state index contributed by atoms with van der Waals surface area (Å²) in [6.45, 7) is 7.72. The molecule has 0 aliphatic carbocycles. The maximum atomic E-state index is 12.7. The van der Waals surface area contributed by atoms with Crippen molar-refractivity contribution in [1.82, 2.24) is 5.32 Å². The van der Waals surface area contributed by atoms with E-state index in [0.29, 0.717) is 11.3 Å². The van der Waals surface area contributed by atoms with Crippen LogP contribution in [0, 0.1) is 13.8 Å². The number of hydrogen-bond donors (Lipinski definition) is 2. The predicted molar refractivity (Wildman–Crippen MR) is 105 cm³/mol. The monoisotopic (exact) mass is 374 g/mol. The summed E-state index contributed by atoms with van der Waals surface area (Å²) in [6, 6.07) is 11.7. The number of amides is 1. The van der Waals surface area contributed by atoms with E-state index in [2.05, 4.69) is 17.0 Å². The van der Waals surface area contributed by atoms with Crippen LogP contribution in [-0.2, 0) is 10.0 Å². The zero-order valence-electron chi connectivity index (χ0n) is 15.7. The maximum Gasteiger partial charge on any atom is 0.261 e. The highest BCUT2D eigenvalue weighted by Crippen LogP contribution is 2.20. The van der Waals surface area contributed by atoms with E-state index in [0.717, 1.165) is 24.0 Å². The Morgan fingerprint density at radius 2 is 1.73 bits per heavy atom. The molecule has 2 aromatic rings. The molecule has 6 heteroatoms. The molecule has 0 aliphatic rings. The quantitative estimate of drug-likeness (QED) is 0.768. The maximum absolute atomic E-state index is 12.7. The Hall–Kier alpha value is -2.34. The van der Waals surface area contributed by atoms with E-state index in [1.54, 1.807) is 25.1 Å². The predicted octanol–water partition coefficient (Wildman–Crippen LogP) is 4.02. The van der Waals surface area contributed by atoms with Gasteiger partial charge in [0.1, 0.15) is 0 Å². The van der Waals surface area contributed by atoms with Gasteiger partial charge < -0.3 is 5.32 Å². The molecule has 1 amide bonds. The van der Waals surface area contributed by atoms with Gasteiger partial charge in [-0.25, -0.2) is 8.42 Å². The molecule has 0 aromatic heterocycles. The van der Waals surface area contributed by atoms with Crippen LogP contribution in [0.3, 0.4) is 0 Å². The molecular formula is C20H26N2O3S. The Morgan fingerprint density at radius 3 is 2.35 bits per heavy atom. The molecule has 2 rings (SSSR count). The van der Waals surface area contributed by atoms with Crippen LogP contribution in [0.5, 0.6) is 0 Å². The number of carbonyl (C=O) groups excluding carboxylic acids is 1. The van der Waals surface area contributed by atoms with Crippen molar-refractivity contribution in [2.24, 2.45) is 0 Å². The fraction of sp³-hybridized carbons (Fsp3) is 0.350. The minimum atomic E-state index is -3.77. The molecule has 0 bridgehead atoms. The topological polar surface area (TPSA) is 75.3 Å². The van der Waals surface area contributed by atoms with Crippen molar-refractivity contribution in [3.05, 3.63) is 59.2 Å². The summed E-state index contributed by atoms with van der Waals surface area (Å²) in [4.78, 5) is 12.6. The molecule has 0 spiro atoms. The Kier molecular flexibility index (Phi) is 6.42. The van der Waals surface area contributed by atoms with Crippen molar-refractivity contribution in [2.75, 3.05) is 4.72 Å². The third kappa shape index (κ3) is 5.08. The van der Waals surface area contributed by atoms with Gasteiger partial charge in [0.15, 0.2) is 0 Å². The third-order valence-corrected chi connectivity index (χ3v) is 5.55. The lowest BCUT2D eigenvalue weighted by molar-refractivity contribution is 0.0937. The van der Waals surface area contributed by atoms with Gasteiger partial charge in [-0.3, -0.25) is 9.52 Å². The second kappa shape index (κ2) is 8.36. The first-order valence-corrected chi connectivity index (χ1v) is 10.2. The number of anilines is 1. The number of nitrogens with one attached hydrogen (secondary N) is 2. The van der Waals surface area contributed by atoms with Gasteiger partial charge >= 0.3 is 0 Å². The van der Waals surface area contributed by atoms with E-state index in [4.69, 9.17) is 0 Å². The highest BCUT2D eigenvalue weighted by atomic mass is 32.2. The van der Waals surface area contributed by atoms with Gasteiger partial charge in [0.2, 0.25) is 0 Å². The first kappa shape index (κ1) is 20.0. The average Bonchev–Trinajstić information content (AvgIpc) is 2.57. The van der Waals surface area contributed by atoms with Crippen LogP contribution < -0.4 is 10.0 Å². The molecule has 0 unspecified atom stereocenters. The molecule has 0 fully saturated rings. The molecule has 0 saturated heterocycles. The van der Waals surface area contributed by atoms with Gasteiger partial charge in [0.25, 0.3) is 15.9 Å². The highest BCUT2D eigenvalue weighted by molar-refractivity contribution is 7.92. The van der Waals surface area contributed by atoms with Crippen molar-refractivity contribution in [1.29, 1.82) is 0 Å². The molecule has 26 heavy (non-hydrogen) atoms. The molecule has 0 saturated carbocycles. The zero-order chi connectivity index (χ0) is 19.3. The van der Waals surface area contributed by atoms with Gasteiger partial charge in [-0.2, -0.15) is 0 Å². The fourth-order valence-corrected chi connectivity index (χ4v) is 3.74. The first-order chi connectivity index (χ1) is 12.2. The molecule has 0 aliphatic heterocycles. The molecule has 2 N–H and O–H groups in total. The van der Waals surface area contributed by atoms with E-state index in [1.165, 1.54) is 12.1 Å². The molecular weight excluding hydrogens is 348 g/mol. The smallest absolute Gasteiger partial charge is 0.261 e. The van der Waals surface area contributed by atoms with Crippen molar-refractivity contribution < 1.29 is 13.2 Å². The van der Waals surface area contributed by atoms with E-state index in [-0.39, 0.29) is 16.8 Å². The molecule has 0 heterocycles. The van der Waals surface area contributed by atoms with Crippen molar-refractivity contribution in [3.8, 4) is 0 Å². The Bertz CT molecular complexity index is 874. The summed E-state index contributed by atoms with van der Waals surface area (Å²) in [7, 11) is -3.77. The van der Waals surface area contributed by atoms with Crippen molar-refractivity contribution >= 4 is 21.6 Å². The van der Waals surface area contributed by atoms with E-state index < -0.39 is 10.0 Å². The number of sulfonamides is 1. The third-order valence-electron chi connectivity index (χ3n) is 4.17. The number of benzene rings is 2. The minimum absolute atomic E-state index is 0.0397. The first-order valence-electron chi connectivity index (χ1n) is 8.74. The van der Waals surface area contributed by atoms with Gasteiger partial charge in [0.05, 0.1) is 4.90 Å². The lowest BCUT2D eigenvalue weighted by Gasteiger charge is -2.15. The van der Waals surface area contributed by atoms with Crippen LogP contribution in [0.4, 0.5) is 5.69 Å². The zero-order valence-corrected chi connectivity index (χ0v) is 16.5. The highest BCUT2D eigenvalue weighted by Gasteiger charge is 2.19. The summed E-state index contributed by atoms with van der Waals surface area (Å²) < 4.78 is 27.9. The van der Waals surface area contributed by atoms with Crippen LogP contribution in [0.2, 0.25) is 0 Å². The van der Waals surface area contributed by atoms with E-state index in [1.807, 2.05) is 26.0 Å². The minimum Gasteiger partial charge on any atom is -0.350 e. The molecule has 140 valence electrons. The second-order valence-electron chi connectivity index (χ2n) is 6.61. The van der Waals surface area contributed by atoms with Crippen LogP contribution in [-0.4, -0.2) is 20.4 Å². The SMILES string of the molecule is CCC[C@H](C)NC(=O)c1cc(S(=O)(=O)Nc2ccc(C)cc2)ccc1C. The summed E-state index contributed by atoms with van der Waals surface area (Å²) in [5.74, 6) is -0.254. The normalized spacial score (nSPS) is 12.5. The number of aryl methyl sites for hydroxylation is 2. The summed E-state index contributed by atoms with van der Waals surface area (Å²) in [5.41, 5.74) is 2.64. The van der Waals surface area contributed by atoms with Crippen LogP contribution in [0.25, 0.3) is 0 Å². The van der Waals surface area contributed by atoms with Gasteiger partial charge in [-0.05, 0) is 57.0 Å². The summed E-state index contributed by atoms with van der Waals surface area (Å²) in [6.07, 6.45) is 1.84. The number of rotatable bonds is 7. The van der Waals surface area contributed by atoms with Gasteiger partial charge in [-0.1, -0.05) is 37.1 Å². The van der Waals surface area contributed by atoms with Crippen LogP contribution in [0.15, 0.2) is 47.4 Å². The lowest BCUT2D eigenvalue weighted by atomic mass is 10.1. The van der Waals surface area contributed by atoms with Crippen molar-refractivity contribution in [3.63, 3.8) is 0 Å². The van der Waals surface area contributed by atoms with Gasteiger partial charge in [0, 0.05) is 17.3 Å². The Labute approximate surface area is 155 Å². The average molecular weight is 375 g/mol. The Balaban J connectivity index is 2.26. The second-order valence-corrected chi connectivity index (χ2v) is 8.29. The standard InChI is InChI=1S/C20H26N2O3S/c1-5-6-16(4)21-20(23)19-13-18(12-9-15(19)3)26(24,25)22-17-10-7-14(2)8-11-17/h7-13,16,22H,5-6H2,1-4H3,(H,21,23)/t16-/m0/s1. The van der Waals surface area contributed by atoms with E-state index in [9.17, 15) is 13.2 Å². The molecule has 2 aromatic carbocycles. The fourth-order valence-electron chi connectivity index (χ4n) is 2.66. The summed E-state index contributed by atoms with van der Waals surface area (Å²) in [5, 5.41) is 2.92. The molecule has 0 radical (unpaired) electrons. The molecule has 5 nitrogen and oxygen atoms in total. The van der Waals surface area contributed by atoms with Crippen molar-refractivity contribution in [2.45, 2.75) is 51.5 Å². The van der Waals surface area contributed by atoms with Crippen LogP contribution >= 0.6 is 0 Å². The number of carbonyl (C=O) groups is 1. The van der Waals surface area contributed by atoms with Crippen LogP contribution in [0.1, 0.15) is 48.2 Å². The van der Waals surface area contributed by atoms with E-state index >= 15 is 0 Å².